The number of carbonyl (C=O) groups is 1. The van der Waals surface area contributed by atoms with Crippen molar-refractivity contribution in [2.45, 2.75) is 26.9 Å². The van der Waals surface area contributed by atoms with E-state index >= 15 is 0 Å². The lowest BCUT2D eigenvalue weighted by molar-refractivity contribution is -0.126. The van der Waals surface area contributed by atoms with E-state index in [9.17, 15) is 4.79 Å². The molecule has 0 aromatic heterocycles. The van der Waals surface area contributed by atoms with Gasteiger partial charge in [0, 0.05) is 7.05 Å². The van der Waals surface area contributed by atoms with E-state index < -0.39 is 6.10 Å². The zero-order chi connectivity index (χ0) is 11.4. The molecule has 0 heterocycles. The highest BCUT2D eigenvalue weighted by Crippen LogP contribution is 2.17. The Morgan fingerprint density at radius 3 is 2.27 bits per heavy atom. The highest BCUT2D eigenvalue weighted by molar-refractivity contribution is 5.80. The molecule has 1 amide bonds. The molecule has 1 rings (SSSR count). The molecule has 0 radical (unpaired) electrons. The molecule has 0 aliphatic heterocycles. The largest absolute Gasteiger partial charge is 0.481 e. The van der Waals surface area contributed by atoms with Crippen LogP contribution in [0.5, 0.6) is 5.75 Å². The van der Waals surface area contributed by atoms with Gasteiger partial charge in [-0.05, 0) is 44.0 Å². The van der Waals surface area contributed by atoms with E-state index in [2.05, 4.69) is 11.4 Å². The number of amides is 1. The number of hydrogen-bond donors (Lipinski definition) is 1. The molecular weight excluding hydrogens is 190 g/mol. The zero-order valence-corrected chi connectivity index (χ0v) is 9.63. The zero-order valence-electron chi connectivity index (χ0n) is 9.63. The summed E-state index contributed by atoms with van der Waals surface area (Å²) in [6.07, 6.45) is -0.462. The number of rotatable bonds is 3. The Bertz CT molecular complexity index is 340. The van der Waals surface area contributed by atoms with Crippen LogP contribution in [-0.4, -0.2) is 19.1 Å². The predicted octanol–water partition coefficient (Wildman–Crippen LogP) is 1.82. The van der Waals surface area contributed by atoms with Crippen molar-refractivity contribution in [3.63, 3.8) is 0 Å². The van der Waals surface area contributed by atoms with Crippen LogP contribution in [0.25, 0.3) is 0 Å². The topological polar surface area (TPSA) is 38.3 Å². The van der Waals surface area contributed by atoms with Gasteiger partial charge >= 0.3 is 0 Å². The molecule has 3 nitrogen and oxygen atoms in total. The van der Waals surface area contributed by atoms with Crippen molar-refractivity contribution < 1.29 is 9.53 Å². The van der Waals surface area contributed by atoms with Crippen LogP contribution in [-0.2, 0) is 4.79 Å². The number of carbonyl (C=O) groups excluding carboxylic acids is 1. The average Bonchev–Trinajstić information content (AvgIpc) is 2.14. The smallest absolute Gasteiger partial charge is 0.260 e. The fraction of sp³-hybridized carbons (Fsp3) is 0.417. The van der Waals surface area contributed by atoms with Gasteiger partial charge < -0.3 is 10.1 Å². The Hall–Kier alpha value is -1.51. The van der Waals surface area contributed by atoms with Crippen molar-refractivity contribution in [2.75, 3.05) is 7.05 Å². The lowest BCUT2D eigenvalue weighted by Crippen LogP contribution is -2.33. The van der Waals surface area contributed by atoms with E-state index in [1.54, 1.807) is 14.0 Å². The molecule has 1 atom stereocenters. The molecule has 0 unspecified atom stereocenters. The van der Waals surface area contributed by atoms with Gasteiger partial charge in [-0.3, -0.25) is 4.79 Å². The molecule has 0 bridgehead atoms. The van der Waals surface area contributed by atoms with Gasteiger partial charge in [-0.1, -0.05) is 6.07 Å². The van der Waals surface area contributed by atoms with Crippen LogP contribution in [0.4, 0.5) is 0 Å². The predicted molar refractivity (Wildman–Crippen MR) is 60.1 cm³/mol. The maximum atomic E-state index is 11.2. The third-order valence-corrected chi connectivity index (χ3v) is 2.12. The summed E-state index contributed by atoms with van der Waals surface area (Å²) in [4.78, 5) is 11.2. The first-order valence-electron chi connectivity index (χ1n) is 4.99. The molecule has 1 N–H and O–H groups in total. The molecule has 1 aromatic rings. The molecule has 82 valence electrons. The van der Waals surface area contributed by atoms with E-state index in [-0.39, 0.29) is 5.91 Å². The third-order valence-electron chi connectivity index (χ3n) is 2.12. The summed E-state index contributed by atoms with van der Waals surface area (Å²) in [5.74, 6) is 0.623. The minimum atomic E-state index is -0.462. The molecule has 0 saturated carbocycles. The Morgan fingerprint density at radius 1 is 1.27 bits per heavy atom. The molecule has 1 aromatic carbocycles. The SMILES string of the molecule is CNC(=O)[C@H](C)Oc1cc(C)cc(C)c1. The van der Waals surface area contributed by atoms with Gasteiger partial charge in [0.25, 0.3) is 5.91 Å². The van der Waals surface area contributed by atoms with Crippen molar-refractivity contribution in [2.24, 2.45) is 0 Å². The second-order valence-corrected chi connectivity index (χ2v) is 3.70. The molecule has 0 aliphatic carbocycles. The number of likely N-dealkylation sites (N-methyl/N-ethyl adjacent to an activating group) is 1. The Morgan fingerprint density at radius 2 is 1.80 bits per heavy atom. The summed E-state index contributed by atoms with van der Waals surface area (Å²) >= 11 is 0. The normalized spacial score (nSPS) is 12.0. The van der Waals surface area contributed by atoms with Crippen LogP contribution in [0.1, 0.15) is 18.1 Å². The second-order valence-electron chi connectivity index (χ2n) is 3.70. The van der Waals surface area contributed by atoms with Crippen LogP contribution in [0.15, 0.2) is 18.2 Å². The summed E-state index contributed by atoms with van der Waals surface area (Å²) in [7, 11) is 1.60. The fourth-order valence-corrected chi connectivity index (χ4v) is 1.46. The van der Waals surface area contributed by atoms with Crippen LogP contribution in [0.2, 0.25) is 0 Å². The molecule has 0 aliphatic rings. The molecule has 15 heavy (non-hydrogen) atoms. The van der Waals surface area contributed by atoms with E-state index in [4.69, 9.17) is 4.74 Å². The van der Waals surface area contributed by atoms with Gasteiger partial charge in [0.1, 0.15) is 5.75 Å². The maximum Gasteiger partial charge on any atom is 0.260 e. The fourth-order valence-electron chi connectivity index (χ4n) is 1.46. The lowest BCUT2D eigenvalue weighted by Gasteiger charge is -2.14. The van der Waals surface area contributed by atoms with Crippen LogP contribution >= 0.6 is 0 Å². The van der Waals surface area contributed by atoms with Gasteiger partial charge in [-0.15, -0.1) is 0 Å². The maximum absolute atomic E-state index is 11.2. The van der Waals surface area contributed by atoms with Gasteiger partial charge in [0.15, 0.2) is 6.10 Å². The van der Waals surface area contributed by atoms with Crippen molar-refractivity contribution in [3.05, 3.63) is 29.3 Å². The quantitative estimate of drug-likeness (QED) is 0.821. The number of aryl methyl sites for hydroxylation is 2. The summed E-state index contributed by atoms with van der Waals surface area (Å²) in [6, 6.07) is 5.91. The molecule has 0 saturated heterocycles. The number of hydrogen-bond acceptors (Lipinski definition) is 2. The number of ether oxygens (including phenoxy) is 1. The molecule has 0 fully saturated rings. The molecular formula is C12H17NO2. The Labute approximate surface area is 90.4 Å². The monoisotopic (exact) mass is 207 g/mol. The Balaban J connectivity index is 2.76. The lowest BCUT2D eigenvalue weighted by atomic mass is 10.1. The summed E-state index contributed by atoms with van der Waals surface area (Å²) in [6.45, 7) is 5.74. The number of nitrogens with one attached hydrogen (secondary N) is 1. The second kappa shape index (κ2) is 4.82. The standard InChI is InChI=1S/C12H17NO2/c1-8-5-9(2)7-11(6-8)15-10(3)12(14)13-4/h5-7,10H,1-4H3,(H,13,14)/t10-/m0/s1. The van der Waals surface area contributed by atoms with Crippen LogP contribution in [0.3, 0.4) is 0 Å². The highest BCUT2D eigenvalue weighted by atomic mass is 16.5. The van der Waals surface area contributed by atoms with Crippen molar-refractivity contribution in [1.29, 1.82) is 0 Å². The van der Waals surface area contributed by atoms with Crippen LogP contribution < -0.4 is 10.1 Å². The third kappa shape index (κ3) is 3.27. The first kappa shape index (κ1) is 11.6. The van der Waals surface area contributed by atoms with Gasteiger partial charge in [0.2, 0.25) is 0 Å². The summed E-state index contributed by atoms with van der Waals surface area (Å²) in [5.41, 5.74) is 2.27. The average molecular weight is 207 g/mol. The molecule has 0 spiro atoms. The Kier molecular flexibility index (Phi) is 3.72. The van der Waals surface area contributed by atoms with Gasteiger partial charge in [-0.25, -0.2) is 0 Å². The summed E-state index contributed by atoms with van der Waals surface area (Å²) in [5, 5.41) is 2.55. The van der Waals surface area contributed by atoms with Crippen molar-refractivity contribution in [3.8, 4) is 5.75 Å². The summed E-state index contributed by atoms with van der Waals surface area (Å²) < 4.78 is 5.52. The number of benzene rings is 1. The van der Waals surface area contributed by atoms with E-state index in [1.165, 1.54) is 0 Å². The minimum absolute atomic E-state index is 0.117. The van der Waals surface area contributed by atoms with E-state index in [0.717, 1.165) is 16.9 Å². The first-order valence-corrected chi connectivity index (χ1v) is 4.99. The molecule has 3 heteroatoms. The van der Waals surface area contributed by atoms with E-state index in [1.807, 2.05) is 26.0 Å². The van der Waals surface area contributed by atoms with Crippen molar-refractivity contribution in [1.82, 2.24) is 5.32 Å². The van der Waals surface area contributed by atoms with Crippen LogP contribution in [0, 0.1) is 13.8 Å². The first-order chi connectivity index (χ1) is 7.02. The minimum Gasteiger partial charge on any atom is -0.481 e. The van der Waals surface area contributed by atoms with Gasteiger partial charge in [-0.2, -0.15) is 0 Å². The van der Waals surface area contributed by atoms with Gasteiger partial charge in [0.05, 0.1) is 0 Å². The van der Waals surface area contributed by atoms with Crippen molar-refractivity contribution >= 4 is 5.91 Å². The highest BCUT2D eigenvalue weighted by Gasteiger charge is 2.12. The van der Waals surface area contributed by atoms with E-state index in [0.29, 0.717) is 0 Å².